The molecule has 0 amide bonds. The number of hydrogen-bond acceptors (Lipinski definition) is 2. The maximum absolute atomic E-state index is 5.77. The average molecular weight is 292 g/mol. The van der Waals surface area contributed by atoms with Crippen molar-refractivity contribution in [3.05, 3.63) is 52.0 Å². The van der Waals surface area contributed by atoms with Crippen molar-refractivity contribution < 1.29 is 4.74 Å². The first kappa shape index (κ1) is 12.0. The minimum Gasteiger partial charge on any atom is -0.457 e. The molecule has 0 fully saturated rings. The highest BCUT2D eigenvalue weighted by molar-refractivity contribution is 9.10. The van der Waals surface area contributed by atoms with Crippen LogP contribution in [0.2, 0.25) is 0 Å². The molecule has 0 radical (unpaired) electrons. The fraction of sp³-hybridized carbons (Fsp3) is 0.143. The summed E-state index contributed by atoms with van der Waals surface area (Å²) < 4.78 is 6.90. The molecule has 2 aromatic rings. The highest BCUT2D eigenvalue weighted by Gasteiger charge is 2.04. The molecule has 17 heavy (non-hydrogen) atoms. The SMILES string of the molecule is Cc1cc(Oc2ccc(N)cc2)cc(C)c1Br. The average Bonchev–Trinajstić information content (AvgIpc) is 2.29. The molecular weight excluding hydrogens is 278 g/mol. The summed E-state index contributed by atoms with van der Waals surface area (Å²) in [7, 11) is 0. The van der Waals surface area contributed by atoms with Gasteiger partial charge in [-0.3, -0.25) is 0 Å². The molecule has 0 bridgehead atoms. The lowest BCUT2D eigenvalue weighted by molar-refractivity contribution is 0.482. The molecule has 2 aromatic carbocycles. The Morgan fingerprint density at radius 2 is 1.47 bits per heavy atom. The second-order valence-electron chi connectivity index (χ2n) is 4.04. The van der Waals surface area contributed by atoms with Crippen LogP contribution < -0.4 is 10.5 Å². The molecule has 0 spiro atoms. The van der Waals surface area contributed by atoms with E-state index in [1.807, 2.05) is 50.2 Å². The fourth-order valence-electron chi connectivity index (χ4n) is 1.64. The Morgan fingerprint density at radius 1 is 0.941 bits per heavy atom. The summed E-state index contributed by atoms with van der Waals surface area (Å²) in [5.41, 5.74) is 8.69. The smallest absolute Gasteiger partial charge is 0.128 e. The van der Waals surface area contributed by atoms with Gasteiger partial charge in [0.05, 0.1) is 0 Å². The molecule has 2 nitrogen and oxygen atoms in total. The second kappa shape index (κ2) is 4.80. The number of nitrogen functional groups attached to an aromatic ring is 1. The summed E-state index contributed by atoms with van der Waals surface area (Å²) in [6.45, 7) is 4.10. The van der Waals surface area contributed by atoms with Gasteiger partial charge in [-0.2, -0.15) is 0 Å². The van der Waals surface area contributed by atoms with Crippen LogP contribution in [0.25, 0.3) is 0 Å². The van der Waals surface area contributed by atoms with Gasteiger partial charge in [0.25, 0.3) is 0 Å². The number of benzene rings is 2. The monoisotopic (exact) mass is 291 g/mol. The highest BCUT2D eigenvalue weighted by atomic mass is 79.9. The van der Waals surface area contributed by atoms with Crippen LogP contribution in [0.3, 0.4) is 0 Å². The molecule has 0 aliphatic heterocycles. The molecule has 2 N–H and O–H groups in total. The zero-order valence-electron chi connectivity index (χ0n) is 9.83. The fourth-order valence-corrected chi connectivity index (χ4v) is 1.87. The van der Waals surface area contributed by atoms with Gasteiger partial charge >= 0.3 is 0 Å². The number of ether oxygens (including phenoxy) is 1. The van der Waals surface area contributed by atoms with Crippen LogP contribution >= 0.6 is 15.9 Å². The Kier molecular flexibility index (Phi) is 3.38. The largest absolute Gasteiger partial charge is 0.457 e. The molecule has 0 unspecified atom stereocenters. The van der Waals surface area contributed by atoms with Gasteiger partial charge in [0, 0.05) is 10.2 Å². The molecule has 2 rings (SSSR count). The van der Waals surface area contributed by atoms with Gasteiger partial charge < -0.3 is 10.5 Å². The van der Waals surface area contributed by atoms with E-state index in [-0.39, 0.29) is 0 Å². The maximum Gasteiger partial charge on any atom is 0.128 e. The van der Waals surface area contributed by atoms with E-state index in [0.29, 0.717) is 0 Å². The minimum atomic E-state index is 0.737. The van der Waals surface area contributed by atoms with E-state index < -0.39 is 0 Å². The van der Waals surface area contributed by atoms with E-state index in [1.165, 1.54) is 0 Å². The Hall–Kier alpha value is -1.48. The van der Waals surface area contributed by atoms with Crippen molar-refractivity contribution in [2.75, 3.05) is 5.73 Å². The number of hydrogen-bond donors (Lipinski definition) is 1. The van der Waals surface area contributed by atoms with Crippen molar-refractivity contribution in [3.63, 3.8) is 0 Å². The maximum atomic E-state index is 5.77. The van der Waals surface area contributed by atoms with Gasteiger partial charge in [-0.15, -0.1) is 0 Å². The van der Waals surface area contributed by atoms with Crippen molar-refractivity contribution in [1.29, 1.82) is 0 Å². The van der Waals surface area contributed by atoms with Gasteiger partial charge in [0.15, 0.2) is 0 Å². The van der Waals surface area contributed by atoms with E-state index in [9.17, 15) is 0 Å². The molecule has 88 valence electrons. The summed E-state index contributed by atoms with van der Waals surface area (Å²) >= 11 is 3.54. The standard InChI is InChI=1S/C14H14BrNO/c1-9-7-13(8-10(2)14(9)15)17-12-5-3-11(16)4-6-12/h3-8H,16H2,1-2H3. The topological polar surface area (TPSA) is 35.2 Å². The Balaban J connectivity index is 2.27. The summed E-state index contributed by atoms with van der Waals surface area (Å²) in [6, 6.07) is 11.4. The molecule has 0 atom stereocenters. The van der Waals surface area contributed by atoms with E-state index in [1.54, 1.807) is 0 Å². The van der Waals surface area contributed by atoms with E-state index in [0.717, 1.165) is 32.8 Å². The lowest BCUT2D eigenvalue weighted by atomic mass is 10.1. The second-order valence-corrected chi connectivity index (χ2v) is 4.84. The van der Waals surface area contributed by atoms with Gasteiger partial charge in [-0.05, 0) is 61.4 Å². The predicted molar refractivity (Wildman–Crippen MR) is 74.5 cm³/mol. The summed E-state index contributed by atoms with van der Waals surface area (Å²) in [5.74, 6) is 1.63. The summed E-state index contributed by atoms with van der Waals surface area (Å²) in [6.07, 6.45) is 0. The van der Waals surface area contributed by atoms with Crippen LogP contribution in [0.1, 0.15) is 11.1 Å². The predicted octanol–water partition coefficient (Wildman–Crippen LogP) is 4.44. The zero-order valence-corrected chi connectivity index (χ0v) is 11.4. The molecule has 3 heteroatoms. The van der Waals surface area contributed by atoms with Gasteiger partial charge in [-0.1, -0.05) is 15.9 Å². The molecule has 0 aliphatic carbocycles. The molecule has 0 aliphatic rings. The van der Waals surface area contributed by atoms with Crippen molar-refractivity contribution in [2.24, 2.45) is 0 Å². The number of nitrogens with two attached hydrogens (primary N) is 1. The van der Waals surface area contributed by atoms with E-state index >= 15 is 0 Å². The first-order valence-corrected chi connectivity index (χ1v) is 6.15. The molecule has 0 saturated carbocycles. The normalized spacial score (nSPS) is 10.3. The number of aryl methyl sites for hydroxylation is 2. The van der Waals surface area contributed by atoms with Crippen molar-refractivity contribution in [1.82, 2.24) is 0 Å². The van der Waals surface area contributed by atoms with Crippen molar-refractivity contribution in [2.45, 2.75) is 13.8 Å². The van der Waals surface area contributed by atoms with Crippen LogP contribution in [0.5, 0.6) is 11.5 Å². The third kappa shape index (κ3) is 2.80. The van der Waals surface area contributed by atoms with Crippen LogP contribution in [-0.2, 0) is 0 Å². The first-order valence-electron chi connectivity index (χ1n) is 5.36. The Labute approximate surface area is 110 Å². The lowest BCUT2D eigenvalue weighted by Gasteiger charge is -2.09. The summed E-state index contributed by atoms with van der Waals surface area (Å²) in [5, 5.41) is 0. The first-order chi connectivity index (χ1) is 8.06. The molecule has 0 heterocycles. The number of halogens is 1. The number of rotatable bonds is 2. The van der Waals surface area contributed by atoms with Gasteiger partial charge in [-0.25, -0.2) is 0 Å². The third-order valence-corrected chi connectivity index (χ3v) is 3.78. The van der Waals surface area contributed by atoms with E-state index in [2.05, 4.69) is 15.9 Å². The van der Waals surface area contributed by atoms with Crippen LogP contribution in [0, 0.1) is 13.8 Å². The lowest BCUT2D eigenvalue weighted by Crippen LogP contribution is -1.89. The van der Waals surface area contributed by atoms with Crippen molar-refractivity contribution >= 4 is 21.6 Å². The Morgan fingerprint density at radius 3 is 2.00 bits per heavy atom. The molecule has 0 aromatic heterocycles. The van der Waals surface area contributed by atoms with Crippen LogP contribution in [-0.4, -0.2) is 0 Å². The molecule has 0 saturated heterocycles. The minimum absolute atomic E-state index is 0.737. The molecular formula is C14H14BrNO. The quantitative estimate of drug-likeness (QED) is 0.830. The summed E-state index contributed by atoms with van der Waals surface area (Å²) in [4.78, 5) is 0. The van der Waals surface area contributed by atoms with Gasteiger partial charge in [0.1, 0.15) is 11.5 Å². The van der Waals surface area contributed by atoms with E-state index in [4.69, 9.17) is 10.5 Å². The van der Waals surface area contributed by atoms with Crippen LogP contribution in [0.4, 0.5) is 5.69 Å². The van der Waals surface area contributed by atoms with Gasteiger partial charge in [0.2, 0.25) is 0 Å². The highest BCUT2D eigenvalue weighted by Crippen LogP contribution is 2.29. The van der Waals surface area contributed by atoms with Crippen molar-refractivity contribution in [3.8, 4) is 11.5 Å². The van der Waals surface area contributed by atoms with Crippen LogP contribution in [0.15, 0.2) is 40.9 Å². The Bertz CT molecular complexity index is 511. The third-order valence-electron chi connectivity index (χ3n) is 2.53. The zero-order chi connectivity index (χ0) is 12.4. The number of anilines is 1.